The molecule has 134 valence electrons. The summed E-state index contributed by atoms with van der Waals surface area (Å²) in [6.07, 6.45) is 0.876. The lowest BCUT2D eigenvalue weighted by Crippen LogP contribution is -2.31. The van der Waals surface area contributed by atoms with Crippen molar-refractivity contribution in [2.75, 3.05) is 32.1 Å². The molecule has 0 saturated heterocycles. The summed E-state index contributed by atoms with van der Waals surface area (Å²) in [5.41, 5.74) is 4.34. The Kier molecular flexibility index (Phi) is 7.02. The van der Waals surface area contributed by atoms with Crippen LogP contribution in [-0.4, -0.2) is 37.6 Å². The fraction of sp³-hybridized carbons (Fsp3) is 0.381. The lowest BCUT2D eigenvalue weighted by Gasteiger charge is -2.18. The molecule has 0 aliphatic rings. The maximum atomic E-state index is 12.3. The highest BCUT2D eigenvalue weighted by Crippen LogP contribution is 2.21. The molecule has 0 bridgehead atoms. The molecule has 0 heterocycles. The smallest absolute Gasteiger partial charge is 0.238 e. The first-order chi connectivity index (χ1) is 12.0. The number of hydrogen-bond acceptors (Lipinski definition) is 3. The van der Waals surface area contributed by atoms with Crippen LogP contribution in [0.15, 0.2) is 42.5 Å². The summed E-state index contributed by atoms with van der Waals surface area (Å²) in [6.45, 7) is 7.95. The third-order valence-corrected chi connectivity index (χ3v) is 4.05. The van der Waals surface area contributed by atoms with E-state index in [4.69, 9.17) is 4.74 Å². The van der Waals surface area contributed by atoms with Gasteiger partial charge < -0.3 is 10.1 Å². The van der Waals surface area contributed by atoms with Crippen LogP contribution < -0.4 is 10.1 Å². The number of nitrogens with one attached hydrogen (secondary N) is 1. The number of amides is 1. The molecule has 25 heavy (non-hydrogen) atoms. The van der Waals surface area contributed by atoms with Gasteiger partial charge in [0.15, 0.2) is 0 Å². The summed E-state index contributed by atoms with van der Waals surface area (Å²) in [5.74, 6) is 0.898. The van der Waals surface area contributed by atoms with Crippen molar-refractivity contribution in [2.45, 2.75) is 27.2 Å². The number of likely N-dealkylation sites (N-methyl/N-ethyl adjacent to an activating group) is 1. The summed E-state index contributed by atoms with van der Waals surface area (Å²) in [6, 6.07) is 14.0. The Hall–Kier alpha value is -2.33. The van der Waals surface area contributed by atoms with Crippen LogP contribution in [0, 0.1) is 20.8 Å². The van der Waals surface area contributed by atoms with Crippen LogP contribution >= 0.6 is 0 Å². The first kappa shape index (κ1) is 19.0. The highest BCUT2D eigenvalue weighted by molar-refractivity contribution is 5.93. The number of anilines is 1. The minimum absolute atomic E-state index is 0.0153. The Morgan fingerprint density at radius 3 is 2.36 bits per heavy atom. The van der Waals surface area contributed by atoms with E-state index in [1.807, 2.05) is 56.1 Å². The van der Waals surface area contributed by atoms with Crippen molar-refractivity contribution < 1.29 is 9.53 Å². The van der Waals surface area contributed by atoms with Crippen molar-refractivity contribution in [1.82, 2.24) is 4.90 Å². The van der Waals surface area contributed by atoms with Crippen molar-refractivity contribution in [3.8, 4) is 5.75 Å². The number of nitrogens with zero attached hydrogens (tertiary/aromatic N) is 1. The van der Waals surface area contributed by atoms with E-state index < -0.39 is 0 Å². The van der Waals surface area contributed by atoms with Gasteiger partial charge in [-0.2, -0.15) is 0 Å². The molecule has 0 aliphatic heterocycles. The first-order valence-corrected chi connectivity index (χ1v) is 8.70. The Labute approximate surface area is 150 Å². The number of aryl methyl sites for hydroxylation is 3. The Balaban J connectivity index is 1.73. The molecule has 0 unspecified atom stereocenters. The van der Waals surface area contributed by atoms with Crippen molar-refractivity contribution in [3.05, 3.63) is 59.2 Å². The molecule has 2 rings (SSSR count). The molecule has 0 aromatic heterocycles. The second-order valence-electron chi connectivity index (χ2n) is 6.57. The number of hydrogen-bond donors (Lipinski definition) is 1. The molecule has 4 heteroatoms. The molecule has 0 fully saturated rings. The van der Waals surface area contributed by atoms with Gasteiger partial charge in [-0.1, -0.05) is 35.9 Å². The van der Waals surface area contributed by atoms with Gasteiger partial charge in [-0.25, -0.2) is 0 Å². The van der Waals surface area contributed by atoms with Crippen molar-refractivity contribution >= 4 is 11.6 Å². The van der Waals surface area contributed by atoms with Crippen molar-refractivity contribution in [1.29, 1.82) is 0 Å². The summed E-state index contributed by atoms with van der Waals surface area (Å²) in [7, 11) is 1.96. The molecule has 2 aromatic carbocycles. The zero-order valence-corrected chi connectivity index (χ0v) is 15.6. The zero-order chi connectivity index (χ0) is 18.2. The molecule has 0 saturated carbocycles. The van der Waals surface area contributed by atoms with E-state index in [9.17, 15) is 4.79 Å². The predicted octanol–water partition coefficient (Wildman–Crippen LogP) is 3.95. The third-order valence-electron chi connectivity index (χ3n) is 4.05. The summed E-state index contributed by atoms with van der Waals surface area (Å²) in [4.78, 5) is 14.3. The largest absolute Gasteiger partial charge is 0.494 e. The van der Waals surface area contributed by atoms with E-state index >= 15 is 0 Å². The normalized spacial score (nSPS) is 10.8. The van der Waals surface area contributed by atoms with Gasteiger partial charge in [0.2, 0.25) is 5.91 Å². The van der Waals surface area contributed by atoms with E-state index in [1.165, 1.54) is 5.56 Å². The van der Waals surface area contributed by atoms with E-state index in [0.717, 1.165) is 35.5 Å². The second kappa shape index (κ2) is 9.23. The molecule has 1 amide bonds. The SMILES string of the molecule is Cc1cc(C)c(NC(=O)CN(C)CCCOc2ccccc2)c(C)c1. The fourth-order valence-corrected chi connectivity index (χ4v) is 2.92. The zero-order valence-electron chi connectivity index (χ0n) is 15.6. The van der Waals surface area contributed by atoms with Crippen molar-refractivity contribution in [2.24, 2.45) is 0 Å². The number of para-hydroxylation sites is 1. The van der Waals surface area contributed by atoms with E-state index in [-0.39, 0.29) is 5.91 Å². The molecule has 2 aromatic rings. The van der Waals surface area contributed by atoms with Gasteiger partial charge in [0, 0.05) is 12.2 Å². The monoisotopic (exact) mass is 340 g/mol. The number of ether oxygens (including phenoxy) is 1. The number of benzene rings is 2. The van der Waals surface area contributed by atoms with Gasteiger partial charge in [0.1, 0.15) is 5.75 Å². The second-order valence-corrected chi connectivity index (χ2v) is 6.57. The molecule has 0 atom stereocenters. The van der Waals surface area contributed by atoms with Crippen LogP contribution in [0.1, 0.15) is 23.1 Å². The van der Waals surface area contributed by atoms with E-state index in [2.05, 4.69) is 24.4 Å². The van der Waals surface area contributed by atoms with E-state index in [0.29, 0.717) is 13.2 Å². The molecule has 4 nitrogen and oxygen atoms in total. The average Bonchev–Trinajstić information content (AvgIpc) is 2.56. The average molecular weight is 340 g/mol. The highest BCUT2D eigenvalue weighted by atomic mass is 16.5. The van der Waals surface area contributed by atoms with Crippen molar-refractivity contribution in [3.63, 3.8) is 0 Å². The molecule has 1 N–H and O–H groups in total. The van der Waals surface area contributed by atoms with Crippen LogP contribution in [0.2, 0.25) is 0 Å². The molecule has 0 radical (unpaired) electrons. The summed E-state index contributed by atoms with van der Waals surface area (Å²) in [5, 5.41) is 3.04. The van der Waals surface area contributed by atoms with Gasteiger partial charge in [-0.05, 0) is 57.5 Å². The fourth-order valence-electron chi connectivity index (χ4n) is 2.92. The van der Waals surface area contributed by atoms with Gasteiger partial charge in [-0.15, -0.1) is 0 Å². The van der Waals surface area contributed by atoms with Crippen LogP contribution in [0.4, 0.5) is 5.69 Å². The summed E-state index contributed by atoms with van der Waals surface area (Å²) < 4.78 is 5.67. The molecular formula is C21H28N2O2. The van der Waals surface area contributed by atoms with Crippen LogP contribution in [0.3, 0.4) is 0 Å². The van der Waals surface area contributed by atoms with Crippen LogP contribution in [0.25, 0.3) is 0 Å². The number of rotatable bonds is 8. The molecule has 0 spiro atoms. The predicted molar refractivity (Wildman–Crippen MR) is 103 cm³/mol. The minimum Gasteiger partial charge on any atom is -0.494 e. The standard InChI is InChI=1S/C21H28N2O2/c1-16-13-17(2)21(18(3)14-16)22-20(24)15-23(4)11-8-12-25-19-9-6-5-7-10-19/h5-7,9-10,13-14H,8,11-12,15H2,1-4H3,(H,22,24). The van der Waals surface area contributed by atoms with Gasteiger partial charge in [0.05, 0.1) is 13.2 Å². The number of carbonyl (C=O) groups excluding carboxylic acids is 1. The first-order valence-electron chi connectivity index (χ1n) is 8.70. The maximum Gasteiger partial charge on any atom is 0.238 e. The molecule has 0 aliphatic carbocycles. The quantitative estimate of drug-likeness (QED) is 0.740. The third kappa shape index (κ3) is 6.24. The van der Waals surface area contributed by atoms with E-state index in [1.54, 1.807) is 0 Å². The number of carbonyl (C=O) groups is 1. The van der Waals surface area contributed by atoms with Gasteiger partial charge in [-0.3, -0.25) is 9.69 Å². The maximum absolute atomic E-state index is 12.3. The van der Waals surface area contributed by atoms with Crippen LogP contribution in [0.5, 0.6) is 5.75 Å². The Bertz CT molecular complexity index is 675. The Morgan fingerprint density at radius 2 is 1.72 bits per heavy atom. The van der Waals surface area contributed by atoms with Crippen LogP contribution in [-0.2, 0) is 4.79 Å². The molecular weight excluding hydrogens is 312 g/mol. The topological polar surface area (TPSA) is 41.6 Å². The Morgan fingerprint density at radius 1 is 1.08 bits per heavy atom. The lowest BCUT2D eigenvalue weighted by molar-refractivity contribution is -0.117. The summed E-state index contributed by atoms with van der Waals surface area (Å²) >= 11 is 0. The van der Waals surface area contributed by atoms with Gasteiger partial charge >= 0.3 is 0 Å². The van der Waals surface area contributed by atoms with Gasteiger partial charge in [0.25, 0.3) is 0 Å². The highest BCUT2D eigenvalue weighted by Gasteiger charge is 2.10. The lowest BCUT2D eigenvalue weighted by atomic mass is 10.1. The minimum atomic E-state index is 0.0153.